The first-order chi connectivity index (χ1) is 16.0. The molecule has 0 saturated carbocycles. The molecule has 2 aromatic rings. The third kappa shape index (κ3) is 7.08. The highest BCUT2D eigenvalue weighted by molar-refractivity contribution is 7.54. The molecular formula is C25H36NO6P. The van der Waals surface area contributed by atoms with E-state index in [2.05, 4.69) is 5.32 Å². The van der Waals surface area contributed by atoms with Gasteiger partial charge in [0.15, 0.2) is 0 Å². The number of nitrogens with one attached hydrogen (secondary N) is 1. The molecule has 0 aromatic heterocycles. The van der Waals surface area contributed by atoms with Gasteiger partial charge >= 0.3 is 7.60 Å². The summed E-state index contributed by atoms with van der Waals surface area (Å²) in [6.07, 6.45) is 4.77. The molecule has 0 aliphatic rings. The molecule has 1 atom stereocenters. The zero-order chi connectivity index (χ0) is 24.3. The molecule has 0 heterocycles. The van der Waals surface area contributed by atoms with Gasteiger partial charge in [0, 0.05) is 11.6 Å². The van der Waals surface area contributed by atoms with Gasteiger partial charge in [-0.1, -0.05) is 31.2 Å². The van der Waals surface area contributed by atoms with E-state index >= 15 is 0 Å². The van der Waals surface area contributed by atoms with Crippen LogP contribution in [-0.2, 0) is 13.6 Å². The second-order valence-corrected chi connectivity index (χ2v) is 9.28. The van der Waals surface area contributed by atoms with Crippen molar-refractivity contribution in [2.24, 2.45) is 0 Å². The minimum Gasteiger partial charge on any atom is -0.497 e. The lowest BCUT2D eigenvalue weighted by Gasteiger charge is -2.30. The van der Waals surface area contributed by atoms with E-state index in [-0.39, 0.29) is 13.2 Å². The fourth-order valence-electron chi connectivity index (χ4n) is 3.44. The summed E-state index contributed by atoms with van der Waals surface area (Å²) >= 11 is 0. The Morgan fingerprint density at radius 1 is 0.879 bits per heavy atom. The number of benzene rings is 2. The number of rotatable bonds is 14. The molecule has 0 aliphatic heterocycles. The van der Waals surface area contributed by atoms with Crippen molar-refractivity contribution in [3.63, 3.8) is 0 Å². The maximum absolute atomic E-state index is 13.9. The number of ether oxygens (including phenoxy) is 3. The predicted molar refractivity (Wildman–Crippen MR) is 133 cm³/mol. The minimum atomic E-state index is -3.56. The summed E-state index contributed by atoms with van der Waals surface area (Å²) in [5, 5.41) is 3.38. The minimum absolute atomic E-state index is 0.261. The Kier molecular flexibility index (Phi) is 10.9. The van der Waals surface area contributed by atoms with E-state index in [4.69, 9.17) is 23.3 Å². The van der Waals surface area contributed by atoms with Crippen LogP contribution < -0.4 is 19.5 Å². The predicted octanol–water partition coefficient (Wildman–Crippen LogP) is 6.15. The average molecular weight is 478 g/mol. The van der Waals surface area contributed by atoms with Crippen LogP contribution in [-0.4, -0.2) is 41.1 Å². The fraction of sp³-hybridized carbons (Fsp3) is 0.440. The number of hydrogen-bond acceptors (Lipinski definition) is 7. The fourth-order valence-corrected chi connectivity index (χ4v) is 5.48. The number of hydrogen-bond donors (Lipinski definition) is 1. The second-order valence-electron chi connectivity index (χ2n) is 7.17. The molecule has 0 aliphatic carbocycles. The van der Waals surface area contributed by atoms with Gasteiger partial charge in [-0.3, -0.25) is 9.88 Å². The van der Waals surface area contributed by atoms with Gasteiger partial charge in [-0.25, -0.2) is 0 Å². The molecule has 1 N–H and O–H groups in total. The van der Waals surface area contributed by atoms with Crippen LogP contribution in [0, 0.1) is 0 Å². The van der Waals surface area contributed by atoms with Gasteiger partial charge in [-0.05, 0) is 56.1 Å². The maximum atomic E-state index is 13.9. The molecule has 2 rings (SSSR count). The standard InChI is InChI=1S/C25H36NO6P/c1-7-16-26-25(33(27,31-8-2)32-9-3)24-20(17-22(29-5)18-23(24)30-6)13-10-19-11-14-21(28-4)15-12-19/h10-15,17-18,25-26H,7-9,16H2,1-6H3/b13-10+. The quantitative estimate of drug-likeness (QED) is 0.258. The molecule has 0 fully saturated rings. The third-order valence-electron chi connectivity index (χ3n) is 4.97. The van der Waals surface area contributed by atoms with Crippen molar-refractivity contribution < 1.29 is 27.8 Å². The van der Waals surface area contributed by atoms with Crippen LogP contribution in [0.5, 0.6) is 17.2 Å². The molecule has 8 heteroatoms. The summed E-state index contributed by atoms with van der Waals surface area (Å²) in [6, 6.07) is 11.4. The molecule has 1 unspecified atom stereocenters. The van der Waals surface area contributed by atoms with Gasteiger partial charge in [-0.2, -0.15) is 0 Å². The Morgan fingerprint density at radius 2 is 1.52 bits per heavy atom. The largest absolute Gasteiger partial charge is 0.497 e. The first-order valence-corrected chi connectivity index (χ1v) is 12.8. The zero-order valence-electron chi connectivity index (χ0n) is 20.4. The van der Waals surface area contributed by atoms with Crippen molar-refractivity contribution in [3.8, 4) is 17.2 Å². The normalized spacial score (nSPS) is 12.7. The van der Waals surface area contributed by atoms with Crippen molar-refractivity contribution in [2.45, 2.75) is 33.0 Å². The van der Waals surface area contributed by atoms with E-state index in [0.29, 0.717) is 23.6 Å². The van der Waals surface area contributed by atoms with E-state index in [1.807, 2.05) is 49.4 Å². The Labute approximate surface area is 197 Å². The second kappa shape index (κ2) is 13.4. The molecule has 0 radical (unpaired) electrons. The Hall–Kier alpha value is -2.31. The summed E-state index contributed by atoms with van der Waals surface area (Å²) < 4.78 is 41.8. The Bertz CT molecular complexity index is 935. The summed E-state index contributed by atoms with van der Waals surface area (Å²) in [4.78, 5) is 0. The van der Waals surface area contributed by atoms with E-state index in [9.17, 15) is 4.57 Å². The van der Waals surface area contributed by atoms with Gasteiger partial charge in [0.2, 0.25) is 0 Å². The molecule has 0 spiro atoms. The van der Waals surface area contributed by atoms with Crippen LogP contribution in [0.15, 0.2) is 36.4 Å². The SMILES string of the molecule is CCCNC(c1c(/C=C/c2ccc(OC)cc2)cc(OC)cc1OC)P(=O)(OCC)OCC. The van der Waals surface area contributed by atoms with Crippen molar-refractivity contribution in [3.05, 3.63) is 53.1 Å². The first-order valence-electron chi connectivity index (χ1n) is 11.2. The van der Waals surface area contributed by atoms with Crippen molar-refractivity contribution in [1.29, 1.82) is 0 Å². The summed E-state index contributed by atoms with van der Waals surface area (Å²) in [6.45, 7) is 6.81. The van der Waals surface area contributed by atoms with E-state index in [1.165, 1.54) is 0 Å². The lowest BCUT2D eigenvalue weighted by molar-refractivity contribution is 0.207. The van der Waals surface area contributed by atoms with E-state index < -0.39 is 13.4 Å². The number of methoxy groups -OCH3 is 3. The van der Waals surface area contributed by atoms with Gasteiger partial charge in [0.25, 0.3) is 0 Å². The van der Waals surface area contributed by atoms with Gasteiger partial charge in [0.05, 0.1) is 34.5 Å². The Morgan fingerprint density at radius 3 is 2.03 bits per heavy atom. The first kappa shape index (κ1) is 26.9. The molecule has 7 nitrogen and oxygen atoms in total. The van der Waals surface area contributed by atoms with Gasteiger partial charge < -0.3 is 23.3 Å². The molecule has 0 saturated heterocycles. The van der Waals surface area contributed by atoms with E-state index in [0.717, 1.165) is 23.3 Å². The smallest absolute Gasteiger partial charge is 0.352 e. The molecule has 0 amide bonds. The van der Waals surface area contributed by atoms with Crippen LogP contribution in [0.2, 0.25) is 0 Å². The lowest BCUT2D eigenvalue weighted by Crippen LogP contribution is -2.25. The highest BCUT2D eigenvalue weighted by atomic mass is 31.2. The van der Waals surface area contributed by atoms with E-state index in [1.54, 1.807) is 41.2 Å². The van der Waals surface area contributed by atoms with Crippen molar-refractivity contribution in [1.82, 2.24) is 5.32 Å². The monoisotopic (exact) mass is 477 g/mol. The Balaban J connectivity index is 2.67. The van der Waals surface area contributed by atoms with Crippen LogP contribution in [0.25, 0.3) is 12.2 Å². The van der Waals surface area contributed by atoms with Crippen molar-refractivity contribution in [2.75, 3.05) is 41.1 Å². The summed E-state index contributed by atoms with van der Waals surface area (Å²) in [5.74, 6) is 1.24. The highest BCUT2D eigenvalue weighted by Gasteiger charge is 2.39. The van der Waals surface area contributed by atoms with Crippen LogP contribution in [0.1, 0.15) is 49.7 Å². The lowest BCUT2D eigenvalue weighted by atomic mass is 10.0. The van der Waals surface area contributed by atoms with Gasteiger partial charge in [0.1, 0.15) is 23.0 Å². The average Bonchev–Trinajstić information content (AvgIpc) is 2.83. The molecule has 182 valence electrons. The summed E-state index contributed by atoms with van der Waals surface area (Å²) in [7, 11) is 1.26. The van der Waals surface area contributed by atoms with Crippen molar-refractivity contribution >= 4 is 19.7 Å². The topological polar surface area (TPSA) is 75.2 Å². The maximum Gasteiger partial charge on any atom is 0.352 e. The zero-order valence-corrected chi connectivity index (χ0v) is 21.3. The third-order valence-corrected chi connectivity index (χ3v) is 7.28. The van der Waals surface area contributed by atoms with Crippen LogP contribution in [0.4, 0.5) is 0 Å². The summed E-state index contributed by atoms with van der Waals surface area (Å²) in [5.41, 5.74) is 2.47. The van der Waals surface area contributed by atoms with Crippen LogP contribution in [0.3, 0.4) is 0 Å². The van der Waals surface area contributed by atoms with Crippen LogP contribution >= 0.6 is 7.60 Å². The molecule has 33 heavy (non-hydrogen) atoms. The van der Waals surface area contributed by atoms with Gasteiger partial charge in [-0.15, -0.1) is 0 Å². The highest BCUT2D eigenvalue weighted by Crippen LogP contribution is 2.61. The molecule has 2 aromatic carbocycles. The molecule has 0 bridgehead atoms. The molecular weight excluding hydrogens is 441 g/mol.